The molecule has 120 valence electrons. The van der Waals surface area contributed by atoms with Gasteiger partial charge in [0.1, 0.15) is 5.82 Å². The van der Waals surface area contributed by atoms with Gasteiger partial charge in [0.05, 0.1) is 11.3 Å². The molecule has 5 N–H and O–H groups in total. The van der Waals surface area contributed by atoms with Crippen LogP contribution in [0, 0.1) is 0 Å². The maximum atomic E-state index is 10.8. The fourth-order valence-electron chi connectivity index (χ4n) is 2.81. The van der Waals surface area contributed by atoms with E-state index in [1.807, 2.05) is 12.1 Å². The van der Waals surface area contributed by atoms with Crippen molar-refractivity contribution in [1.82, 2.24) is 14.9 Å². The van der Waals surface area contributed by atoms with E-state index < -0.39 is 5.97 Å². The summed E-state index contributed by atoms with van der Waals surface area (Å²) in [5.41, 5.74) is 14.9. The van der Waals surface area contributed by atoms with Crippen molar-refractivity contribution in [2.75, 3.05) is 24.6 Å². The summed E-state index contributed by atoms with van der Waals surface area (Å²) >= 11 is 0. The van der Waals surface area contributed by atoms with Crippen LogP contribution in [0.5, 0.6) is 0 Å². The van der Waals surface area contributed by atoms with E-state index in [-0.39, 0.29) is 5.95 Å². The van der Waals surface area contributed by atoms with Crippen LogP contribution in [0.2, 0.25) is 0 Å². The number of carbonyl (C=O) groups is 1. The molecule has 1 aliphatic heterocycles. The lowest BCUT2D eigenvalue weighted by molar-refractivity contribution is 0.0697. The molecule has 0 atom stereocenters. The van der Waals surface area contributed by atoms with Gasteiger partial charge in [-0.2, -0.15) is 4.98 Å². The van der Waals surface area contributed by atoms with Crippen LogP contribution in [0.4, 0.5) is 11.8 Å². The average Bonchev–Trinajstić information content (AvgIpc) is 2.53. The maximum Gasteiger partial charge on any atom is 0.335 e. The molecule has 0 spiro atoms. The maximum absolute atomic E-state index is 10.8. The molecular formula is C16H19N5O2. The summed E-state index contributed by atoms with van der Waals surface area (Å²) in [7, 11) is 0. The van der Waals surface area contributed by atoms with Crippen LogP contribution in [0.15, 0.2) is 24.3 Å². The van der Waals surface area contributed by atoms with Gasteiger partial charge in [0.25, 0.3) is 0 Å². The van der Waals surface area contributed by atoms with Gasteiger partial charge >= 0.3 is 5.97 Å². The molecule has 1 aromatic heterocycles. The van der Waals surface area contributed by atoms with E-state index in [1.54, 1.807) is 12.1 Å². The largest absolute Gasteiger partial charge is 0.478 e. The van der Waals surface area contributed by atoms with Crippen LogP contribution in [0.25, 0.3) is 0 Å². The lowest BCUT2D eigenvalue weighted by atomic mass is 10.0. The predicted molar refractivity (Wildman–Crippen MR) is 86.9 cm³/mol. The van der Waals surface area contributed by atoms with Crippen LogP contribution in [-0.2, 0) is 19.4 Å². The van der Waals surface area contributed by atoms with Crippen molar-refractivity contribution in [1.29, 1.82) is 0 Å². The van der Waals surface area contributed by atoms with E-state index in [4.69, 9.17) is 16.6 Å². The van der Waals surface area contributed by atoms with E-state index in [2.05, 4.69) is 14.9 Å². The molecule has 1 aromatic carbocycles. The second-order valence-electron chi connectivity index (χ2n) is 5.67. The van der Waals surface area contributed by atoms with Crippen LogP contribution in [0.1, 0.15) is 27.2 Å². The third-order valence-corrected chi connectivity index (χ3v) is 4.11. The Morgan fingerprint density at radius 1 is 1.22 bits per heavy atom. The van der Waals surface area contributed by atoms with Crippen molar-refractivity contribution in [3.8, 4) is 0 Å². The topological polar surface area (TPSA) is 118 Å². The predicted octanol–water partition coefficient (Wildman–Crippen LogP) is 0.940. The van der Waals surface area contributed by atoms with Gasteiger partial charge in [-0.05, 0) is 24.1 Å². The van der Waals surface area contributed by atoms with Crippen molar-refractivity contribution >= 4 is 17.7 Å². The van der Waals surface area contributed by atoms with E-state index in [1.165, 1.54) is 0 Å². The van der Waals surface area contributed by atoms with Crippen molar-refractivity contribution in [2.45, 2.75) is 19.4 Å². The summed E-state index contributed by atoms with van der Waals surface area (Å²) in [5, 5.41) is 8.91. The Kier molecular flexibility index (Phi) is 4.12. The molecule has 0 saturated carbocycles. The first-order valence-electron chi connectivity index (χ1n) is 7.48. The summed E-state index contributed by atoms with van der Waals surface area (Å²) in [5.74, 6) is -0.213. The number of nitrogens with zero attached hydrogens (tertiary/aromatic N) is 3. The molecule has 2 heterocycles. The highest BCUT2D eigenvalue weighted by Crippen LogP contribution is 2.22. The van der Waals surface area contributed by atoms with Gasteiger partial charge in [-0.1, -0.05) is 12.1 Å². The number of benzene rings is 1. The van der Waals surface area contributed by atoms with Gasteiger partial charge in [-0.15, -0.1) is 0 Å². The van der Waals surface area contributed by atoms with Crippen LogP contribution in [0.3, 0.4) is 0 Å². The molecule has 0 aliphatic carbocycles. The summed E-state index contributed by atoms with van der Waals surface area (Å²) in [6.07, 6.45) is 1.66. The molecule has 0 bridgehead atoms. The fraction of sp³-hybridized carbons (Fsp3) is 0.312. The number of nitrogens with two attached hydrogens (primary N) is 2. The standard InChI is InChI=1S/C16H19N5O2/c17-14-12-9-21(8-6-13(12)19-16(18)20-14)7-5-10-1-3-11(4-2-10)15(22)23/h1-4H,5-9H2,(H,22,23)(H4,17,18,19,20). The third-order valence-electron chi connectivity index (χ3n) is 4.11. The zero-order chi connectivity index (χ0) is 16.4. The second kappa shape index (κ2) is 6.21. The van der Waals surface area contributed by atoms with Gasteiger partial charge in [-0.25, -0.2) is 9.78 Å². The number of carboxylic acids is 1. The Morgan fingerprint density at radius 3 is 2.65 bits per heavy atom. The molecule has 7 nitrogen and oxygen atoms in total. The first-order chi connectivity index (χ1) is 11.0. The van der Waals surface area contributed by atoms with E-state index in [9.17, 15) is 4.79 Å². The zero-order valence-electron chi connectivity index (χ0n) is 12.7. The summed E-state index contributed by atoms with van der Waals surface area (Å²) < 4.78 is 0. The molecule has 0 fully saturated rings. The number of nitrogen functional groups attached to an aromatic ring is 2. The number of aromatic nitrogens is 2. The Morgan fingerprint density at radius 2 is 1.96 bits per heavy atom. The number of hydrogen-bond acceptors (Lipinski definition) is 6. The van der Waals surface area contributed by atoms with Crippen LogP contribution in [-0.4, -0.2) is 39.0 Å². The normalized spacial score (nSPS) is 14.4. The van der Waals surface area contributed by atoms with Gasteiger partial charge in [0.2, 0.25) is 5.95 Å². The minimum atomic E-state index is -0.904. The SMILES string of the molecule is Nc1nc(N)c2c(n1)CCN(CCc1ccc(C(=O)O)cc1)C2. The Balaban J connectivity index is 1.62. The highest BCUT2D eigenvalue weighted by Gasteiger charge is 2.20. The van der Waals surface area contributed by atoms with Crippen LogP contribution >= 0.6 is 0 Å². The minimum absolute atomic E-state index is 0.230. The number of hydrogen-bond donors (Lipinski definition) is 3. The lowest BCUT2D eigenvalue weighted by Crippen LogP contribution is -2.33. The molecule has 0 saturated heterocycles. The van der Waals surface area contributed by atoms with Gasteiger partial charge in [0.15, 0.2) is 0 Å². The molecule has 1 aliphatic rings. The molecule has 7 heteroatoms. The highest BCUT2D eigenvalue weighted by atomic mass is 16.4. The Labute approximate surface area is 134 Å². The first-order valence-corrected chi connectivity index (χ1v) is 7.48. The first kappa shape index (κ1) is 15.2. The smallest absolute Gasteiger partial charge is 0.335 e. The summed E-state index contributed by atoms with van der Waals surface area (Å²) in [6, 6.07) is 6.99. The summed E-state index contributed by atoms with van der Waals surface area (Å²) in [4.78, 5) is 21.4. The van der Waals surface area contributed by atoms with Gasteiger partial charge in [0, 0.05) is 31.6 Å². The number of carboxylic acid groups (broad SMARTS) is 1. The highest BCUT2D eigenvalue weighted by molar-refractivity contribution is 5.87. The van der Waals surface area contributed by atoms with Crippen molar-refractivity contribution in [2.24, 2.45) is 0 Å². The summed E-state index contributed by atoms with van der Waals surface area (Å²) in [6.45, 7) is 2.49. The van der Waals surface area contributed by atoms with Gasteiger partial charge in [-0.3, -0.25) is 4.90 Å². The minimum Gasteiger partial charge on any atom is -0.478 e. The second-order valence-corrected chi connectivity index (χ2v) is 5.67. The van der Waals surface area contributed by atoms with E-state index in [0.717, 1.165) is 42.8 Å². The lowest BCUT2D eigenvalue weighted by Gasteiger charge is -2.28. The molecule has 0 unspecified atom stereocenters. The van der Waals surface area contributed by atoms with Crippen molar-refractivity contribution < 1.29 is 9.90 Å². The van der Waals surface area contributed by atoms with E-state index >= 15 is 0 Å². The number of aromatic carboxylic acids is 1. The van der Waals surface area contributed by atoms with Crippen molar-refractivity contribution in [3.63, 3.8) is 0 Å². The number of anilines is 2. The Hall–Kier alpha value is -2.67. The molecule has 0 amide bonds. The molecular weight excluding hydrogens is 294 g/mol. The fourth-order valence-corrected chi connectivity index (χ4v) is 2.81. The van der Waals surface area contributed by atoms with Crippen molar-refractivity contribution in [3.05, 3.63) is 46.6 Å². The molecule has 23 heavy (non-hydrogen) atoms. The van der Waals surface area contributed by atoms with Crippen LogP contribution < -0.4 is 11.5 Å². The molecule has 0 radical (unpaired) electrons. The quantitative estimate of drug-likeness (QED) is 0.768. The van der Waals surface area contributed by atoms with E-state index in [0.29, 0.717) is 17.9 Å². The van der Waals surface area contributed by atoms with Gasteiger partial charge < -0.3 is 16.6 Å². The Bertz CT molecular complexity index is 730. The average molecular weight is 313 g/mol. The molecule has 2 aromatic rings. The molecule has 3 rings (SSSR count). The zero-order valence-corrected chi connectivity index (χ0v) is 12.7. The number of fused-ring (bicyclic) bond motifs is 1. The number of rotatable bonds is 4. The third kappa shape index (κ3) is 3.40. The monoisotopic (exact) mass is 313 g/mol.